The fourth-order valence-electron chi connectivity index (χ4n) is 3.11. The third kappa shape index (κ3) is 5.07. The maximum atomic E-state index is 13.6. The molecule has 0 bridgehead atoms. The summed E-state index contributed by atoms with van der Waals surface area (Å²) in [5, 5.41) is 2.89. The topological polar surface area (TPSA) is 67.9 Å². The van der Waals surface area contributed by atoms with Gasteiger partial charge in [-0.25, -0.2) is 4.39 Å². The van der Waals surface area contributed by atoms with E-state index in [2.05, 4.69) is 5.32 Å². The number of nitrogens with zero attached hydrogens (tertiary/aromatic N) is 1. The second kappa shape index (κ2) is 9.32. The van der Waals surface area contributed by atoms with Gasteiger partial charge in [0.15, 0.2) is 11.6 Å². The summed E-state index contributed by atoms with van der Waals surface area (Å²) in [7, 11) is 1.49. The summed E-state index contributed by atoms with van der Waals surface area (Å²) in [6.45, 7) is 1.17. The zero-order chi connectivity index (χ0) is 19.9. The molecule has 1 aliphatic rings. The minimum atomic E-state index is -0.435. The van der Waals surface area contributed by atoms with E-state index in [1.807, 2.05) is 0 Å². The fraction of sp³-hybridized carbons (Fsp3) is 0.333. The molecule has 1 heterocycles. The van der Waals surface area contributed by atoms with Gasteiger partial charge in [-0.1, -0.05) is 12.1 Å². The second-order valence-corrected chi connectivity index (χ2v) is 6.63. The molecule has 3 rings (SSSR count). The Bertz CT molecular complexity index is 817. The highest BCUT2D eigenvalue weighted by Gasteiger charge is 2.27. The Balaban J connectivity index is 1.51. The molecule has 2 amide bonds. The third-order valence-corrected chi connectivity index (χ3v) is 4.67. The summed E-state index contributed by atoms with van der Waals surface area (Å²) in [6.07, 6.45) is 1.24. The van der Waals surface area contributed by atoms with E-state index in [9.17, 15) is 14.0 Å². The summed E-state index contributed by atoms with van der Waals surface area (Å²) >= 11 is 0. The SMILES string of the molecule is COCC(=O)N1CCC(C(=O)Nc2ccc(Oc3ccccc3F)cc2)CC1. The fourth-order valence-corrected chi connectivity index (χ4v) is 3.11. The number of ether oxygens (including phenoxy) is 2. The highest BCUT2D eigenvalue weighted by molar-refractivity contribution is 5.92. The lowest BCUT2D eigenvalue weighted by Crippen LogP contribution is -2.42. The van der Waals surface area contributed by atoms with E-state index < -0.39 is 5.82 Å². The Morgan fingerprint density at radius 2 is 1.79 bits per heavy atom. The largest absolute Gasteiger partial charge is 0.454 e. The lowest BCUT2D eigenvalue weighted by atomic mass is 9.95. The van der Waals surface area contributed by atoms with Gasteiger partial charge >= 0.3 is 0 Å². The van der Waals surface area contributed by atoms with E-state index in [-0.39, 0.29) is 30.1 Å². The summed E-state index contributed by atoms with van der Waals surface area (Å²) in [6, 6.07) is 12.9. The van der Waals surface area contributed by atoms with Gasteiger partial charge in [-0.05, 0) is 49.2 Å². The number of rotatable bonds is 6. The van der Waals surface area contributed by atoms with Crippen molar-refractivity contribution in [3.8, 4) is 11.5 Å². The normalized spacial score (nSPS) is 14.6. The van der Waals surface area contributed by atoms with Crippen molar-refractivity contribution < 1.29 is 23.5 Å². The molecule has 0 saturated carbocycles. The van der Waals surface area contributed by atoms with Crippen molar-refractivity contribution in [2.24, 2.45) is 5.92 Å². The van der Waals surface area contributed by atoms with Gasteiger partial charge in [0.2, 0.25) is 11.8 Å². The van der Waals surface area contributed by atoms with E-state index >= 15 is 0 Å². The monoisotopic (exact) mass is 386 g/mol. The van der Waals surface area contributed by atoms with E-state index in [1.54, 1.807) is 47.4 Å². The highest BCUT2D eigenvalue weighted by Crippen LogP contribution is 2.26. The first-order valence-corrected chi connectivity index (χ1v) is 9.17. The number of hydrogen-bond donors (Lipinski definition) is 1. The molecule has 28 heavy (non-hydrogen) atoms. The van der Waals surface area contributed by atoms with Gasteiger partial charge in [0, 0.05) is 31.8 Å². The maximum Gasteiger partial charge on any atom is 0.248 e. The van der Waals surface area contributed by atoms with Crippen LogP contribution in [-0.2, 0) is 14.3 Å². The van der Waals surface area contributed by atoms with Crippen LogP contribution in [0.25, 0.3) is 0 Å². The lowest BCUT2D eigenvalue weighted by Gasteiger charge is -2.31. The third-order valence-electron chi connectivity index (χ3n) is 4.67. The Morgan fingerprint density at radius 3 is 2.43 bits per heavy atom. The second-order valence-electron chi connectivity index (χ2n) is 6.63. The molecule has 1 fully saturated rings. The molecule has 0 atom stereocenters. The number of anilines is 1. The molecule has 7 heteroatoms. The summed E-state index contributed by atoms with van der Waals surface area (Å²) in [4.78, 5) is 26.0. The molecule has 0 aliphatic carbocycles. The minimum Gasteiger partial charge on any atom is -0.454 e. The number of methoxy groups -OCH3 is 1. The van der Waals surface area contributed by atoms with Gasteiger partial charge < -0.3 is 19.7 Å². The standard InChI is InChI=1S/C21H23FN2O4/c1-27-14-20(25)24-12-10-15(11-13-24)21(26)23-16-6-8-17(9-7-16)28-19-5-3-2-4-18(19)22/h2-9,15H,10-14H2,1H3,(H,23,26). The van der Waals surface area contributed by atoms with Crippen molar-refractivity contribution in [2.45, 2.75) is 12.8 Å². The summed E-state index contributed by atoms with van der Waals surface area (Å²) < 4.78 is 24.0. The number of halogens is 1. The molecule has 2 aromatic rings. The number of nitrogens with one attached hydrogen (secondary N) is 1. The van der Waals surface area contributed by atoms with Crippen LogP contribution in [0.15, 0.2) is 48.5 Å². The molecule has 1 N–H and O–H groups in total. The number of carbonyl (C=O) groups is 2. The Hall–Kier alpha value is -2.93. The van der Waals surface area contributed by atoms with Gasteiger partial charge in [-0.3, -0.25) is 9.59 Å². The molecular weight excluding hydrogens is 363 g/mol. The van der Waals surface area contributed by atoms with Crippen LogP contribution in [0.1, 0.15) is 12.8 Å². The minimum absolute atomic E-state index is 0.0493. The van der Waals surface area contributed by atoms with Gasteiger partial charge in [0.05, 0.1) is 0 Å². The molecule has 6 nitrogen and oxygen atoms in total. The van der Waals surface area contributed by atoms with E-state index in [0.717, 1.165) is 0 Å². The van der Waals surface area contributed by atoms with Crippen LogP contribution < -0.4 is 10.1 Å². The molecule has 1 saturated heterocycles. The Kier molecular flexibility index (Phi) is 6.60. The molecule has 0 radical (unpaired) electrons. The summed E-state index contributed by atoms with van der Waals surface area (Å²) in [5.41, 5.74) is 0.642. The van der Waals surface area contributed by atoms with Gasteiger partial charge in [0.25, 0.3) is 0 Å². The van der Waals surface area contributed by atoms with Crippen LogP contribution >= 0.6 is 0 Å². The maximum absolute atomic E-state index is 13.6. The first kappa shape index (κ1) is 19.8. The molecular formula is C21H23FN2O4. The smallest absolute Gasteiger partial charge is 0.248 e. The molecule has 1 aliphatic heterocycles. The number of hydrogen-bond acceptors (Lipinski definition) is 4. The van der Waals surface area contributed by atoms with Crippen LogP contribution in [0.5, 0.6) is 11.5 Å². The first-order chi connectivity index (χ1) is 13.6. The van der Waals surface area contributed by atoms with Crippen molar-refractivity contribution in [1.29, 1.82) is 0 Å². The van der Waals surface area contributed by atoms with E-state index in [0.29, 0.717) is 37.4 Å². The Labute approximate surface area is 163 Å². The number of amides is 2. The van der Waals surface area contributed by atoms with Crippen molar-refractivity contribution >= 4 is 17.5 Å². The quantitative estimate of drug-likeness (QED) is 0.826. The van der Waals surface area contributed by atoms with Crippen LogP contribution in [0.4, 0.5) is 10.1 Å². The zero-order valence-electron chi connectivity index (χ0n) is 15.7. The highest BCUT2D eigenvalue weighted by atomic mass is 19.1. The number of benzene rings is 2. The predicted molar refractivity (Wildman–Crippen MR) is 103 cm³/mol. The number of para-hydroxylation sites is 1. The molecule has 0 aromatic heterocycles. The number of likely N-dealkylation sites (tertiary alicyclic amines) is 1. The van der Waals surface area contributed by atoms with E-state index in [1.165, 1.54) is 13.2 Å². The van der Waals surface area contributed by atoms with Crippen LogP contribution in [0, 0.1) is 11.7 Å². The summed E-state index contributed by atoms with van der Waals surface area (Å²) in [5.74, 6) is -0.0633. The Morgan fingerprint density at radius 1 is 1.11 bits per heavy atom. The van der Waals surface area contributed by atoms with Crippen molar-refractivity contribution in [3.05, 3.63) is 54.3 Å². The predicted octanol–water partition coefficient (Wildman–Crippen LogP) is 3.44. The molecule has 0 spiro atoms. The van der Waals surface area contributed by atoms with Crippen molar-refractivity contribution in [3.63, 3.8) is 0 Å². The average molecular weight is 386 g/mol. The molecule has 2 aromatic carbocycles. The van der Waals surface area contributed by atoms with Crippen LogP contribution in [0.3, 0.4) is 0 Å². The molecule has 0 unspecified atom stereocenters. The zero-order valence-corrected chi connectivity index (χ0v) is 15.7. The number of carbonyl (C=O) groups excluding carboxylic acids is 2. The van der Waals surface area contributed by atoms with Gasteiger partial charge in [-0.2, -0.15) is 0 Å². The van der Waals surface area contributed by atoms with Gasteiger partial charge in [-0.15, -0.1) is 0 Å². The first-order valence-electron chi connectivity index (χ1n) is 9.17. The van der Waals surface area contributed by atoms with Crippen molar-refractivity contribution in [1.82, 2.24) is 4.90 Å². The van der Waals surface area contributed by atoms with Crippen LogP contribution in [-0.4, -0.2) is 43.5 Å². The van der Waals surface area contributed by atoms with Crippen molar-refractivity contribution in [2.75, 3.05) is 32.1 Å². The number of piperidine rings is 1. The van der Waals surface area contributed by atoms with Gasteiger partial charge in [0.1, 0.15) is 12.4 Å². The van der Waals surface area contributed by atoms with E-state index in [4.69, 9.17) is 9.47 Å². The van der Waals surface area contributed by atoms with Crippen LogP contribution in [0.2, 0.25) is 0 Å². The lowest BCUT2D eigenvalue weighted by molar-refractivity contribution is -0.138. The average Bonchev–Trinajstić information content (AvgIpc) is 2.71. The molecule has 148 valence electrons.